The Morgan fingerprint density at radius 1 is 1.53 bits per heavy atom. The van der Waals surface area contributed by atoms with E-state index in [1.165, 1.54) is 4.31 Å². The molecule has 1 aromatic carbocycles. The molecular formula is C12H15ClFNO3S. The molecule has 1 aliphatic rings. The number of β-amino-alcohol motifs (C(OH)–C–C–N with tert-alkyl or cyclic N) is 1. The maximum Gasteiger partial charge on any atom is 0.244 e. The van der Waals surface area contributed by atoms with E-state index in [1.54, 1.807) is 13.8 Å². The molecule has 4 nitrogen and oxygen atoms in total. The molecule has 1 saturated heterocycles. The number of hydrogen-bond donors (Lipinski definition) is 1. The van der Waals surface area contributed by atoms with Crippen LogP contribution in [0.5, 0.6) is 0 Å². The van der Waals surface area contributed by atoms with E-state index in [0.717, 1.165) is 18.2 Å². The van der Waals surface area contributed by atoms with Gasteiger partial charge in [-0.2, -0.15) is 4.31 Å². The lowest BCUT2D eigenvalue weighted by Crippen LogP contribution is -2.35. The first-order valence-corrected chi connectivity index (χ1v) is 7.64. The zero-order valence-corrected chi connectivity index (χ0v) is 12.2. The largest absolute Gasteiger partial charge is 0.388 e. The fourth-order valence-corrected chi connectivity index (χ4v) is 4.22. The number of nitrogens with zero attached hydrogens (tertiary/aromatic N) is 1. The van der Waals surface area contributed by atoms with Crippen LogP contribution in [-0.4, -0.2) is 36.5 Å². The van der Waals surface area contributed by atoms with Gasteiger partial charge in [0.1, 0.15) is 10.7 Å². The molecule has 0 spiro atoms. The molecule has 0 unspecified atom stereocenters. The van der Waals surface area contributed by atoms with Crippen LogP contribution in [-0.2, 0) is 10.0 Å². The topological polar surface area (TPSA) is 57.6 Å². The van der Waals surface area contributed by atoms with Crippen LogP contribution in [0.2, 0.25) is 5.02 Å². The molecule has 0 saturated carbocycles. The van der Waals surface area contributed by atoms with Crippen LogP contribution >= 0.6 is 11.6 Å². The van der Waals surface area contributed by atoms with E-state index in [0.29, 0.717) is 0 Å². The standard InChI is InChI=1S/C12H15ClFNO3S/c1-8-6-15(7-12(8,2)16)19(17,18)11-4-3-9(14)5-10(11)13/h3-5,8,16H,6-7H2,1-2H3/t8-,12+/m1/s1. The minimum absolute atomic E-state index is 0.00417. The molecule has 106 valence electrons. The van der Waals surface area contributed by atoms with Gasteiger partial charge in [-0.3, -0.25) is 0 Å². The van der Waals surface area contributed by atoms with Crippen molar-refractivity contribution >= 4 is 21.6 Å². The molecule has 1 aliphatic heterocycles. The lowest BCUT2D eigenvalue weighted by Gasteiger charge is -2.21. The molecule has 7 heteroatoms. The molecular weight excluding hydrogens is 293 g/mol. The minimum atomic E-state index is -3.82. The summed E-state index contributed by atoms with van der Waals surface area (Å²) >= 11 is 5.79. The fourth-order valence-electron chi connectivity index (χ4n) is 2.09. The molecule has 0 bridgehead atoms. The quantitative estimate of drug-likeness (QED) is 0.907. The molecule has 1 heterocycles. The molecule has 1 aromatic rings. The van der Waals surface area contributed by atoms with E-state index >= 15 is 0 Å². The average molecular weight is 308 g/mol. The van der Waals surface area contributed by atoms with Gasteiger partial charge >= 0.3 is 0 Å². The summed E-state index contributed by atoms with van der Waals surface area (Å²) in [7, 11) is -3.82. The smallest absolute Gasteiger partial charge is 0.244 e. The summed E-state index contributed by atoms with van der Waals surface area (Å²) in [5, 5.41) is 9.90. The van der Waals surface area contributed by atoms with Gasteiger partial charge in [0.25, 0.3) is 0 Å². The highest BCUT2D eigenvalue weighted by Crippen LogP contribution is 2.33. The summed E-state index contributed by atoms with van der Waals surface area (Å²) in [5.41, 5.74) is -1.07. The van der Waals surface area contributed by atoms with Gasteiger partial charge < -0.3 is 5.11 Å². The van der Waals surface area contributed by atoms with E-state index in [2.05, 4.69) is 0 Å². The normalized spacial score (nSPS) is 28.8. The predicted molar refractivity (Wildman–Crippen MR) is 70.0 cm³/mol. The van der Waals surface area contributed by atoms with E-state index in [-0.39, 0.29) is 28.9 Å². The van der Waals surface area contributed by atoms with Crippen molar-refractivity contribution in [1.29, 1.82) is 0 Å². The summed E-state index contributed by atoms with van der Waals surface area (Å²) in [6.07, 6.45) is 0. The lowest BCUT2D eigenvalue weighted by molar-refractivity contribution is 0.0404. The van der Waals surface area contributed by atoms with Gasteiger partial charge in [0, 0.05) is 13.1 Å². The fraction of sp³-hybridized carbons (Fsp3) is 0.500. The molecule has 0 aliphatic carbocycles. The molecule has 19 heavy (non-hydrogen) atoms. The number of sulfonamides is 1. The zero-order chi connectivity index (χ0) is 14.4. The highest BCUT2D eigenvalue weighted by Gasteiger charge is 2.44. The molecule has 2 atom stereocenters. The van der Waals surface area contributed by atoms with E-state index in [1.807, 2.05) is 0 Å². The number of halogens is 2. The summed E-state index contributed by atoms with van der Waals surface area (Å²) < 4.78 is 39.0. The monoisotopic (exact) mass is 307 g/mol. The summed E-state index contributed by atoms with van der Waals surface area (Å²) in [4.78, 5) is -0.138. The molecule has 0 aromatic heterocycles. The van der Waals surface area contributed by atoms with Crippen molar-refractivity contribution in [2.24, 2.45) is 5.92 Å². The highest BCUT2D eigenvalue weighted by molar-refractivity contribution is 7.89. The predicted octanol–water partition coefficient (Wildman–Crippen LogP) is 1.87. The second kappa shape index (κ2) is 4.70. The van der Waals surface area contributed by atoms with Gasteiger partial charge in [0.05, 0.1) is 10.6 Å². The van der Waals surface area contributed by atoms with E-state index in [4.69, 9.17) is 11.6 Å². The second-order valence-electron chi connectivity index (χ2n) is 5.13. The van der Waals surface area contributed by atoms with Crippen molar-refractivity contribution in [3.8, 4) is 0 Å². The summed E-state index contributed by atoms with van der Waals surface area (Å²) in [5.74, 6) is -0.771. The van der Waals surface area contributed by atoms with Crippen molar-refractivity contribution in [3.05, 3.63) is 29.0 Å². The maximum atomic E-state index is 13.0. The Kier molecular flexibility index (Phi) is 3.64. The molecule has 1 fully saturated rings. The first-order valence-electron chi connectivity index (χ1n) is 5.82. The van der Waals surface area contributed by atoms with Gasteiger partial charge in [-0.25, -0.2) is 12.8 Å². The third kappa shape index (κ3) is 2.63. The molecule has 1 N–H and O–H groups in total. The van der Waals surface area contributed by atoms with E-state index in [9.17, 15) is 17.9 Å². The third-order valence-electron chi connectivity index (χ3n) is 3.55. The minimum Gasteiger partial charge on any atom is -0.388 e. The average Bonchev–Trinajstić information content (AvgIpc) is 2.53. The van der Waals surface area contributed by atoms with Crippen molar-refractivity contribution < 1.29 is 17.9 Å². The van der Waals surface area contributed by atoms with Crippen molar-refractivity contribution in [1.82, 2.24) is 4.31 Å². The third-order valence-corrected chi connectivity index (χ3v) is 5.84. The lowest BCUT2D eigenvalue weighted by atomic mass is 9.95. The second-order valence-corrected chi connectivity index (χ2v) is 7.44. The Morgan fingerprint density at radius 3 is 2.63 bits per heavy atom. The first-order chi connectivity index (χ1) is 8.64. The zero-order valence-electron chi connectivity index (χ0n) is 10.6. The maximum absolute atomic E-state index is 13.0. The van der Waals surface area contributed by atoms with E-state index < -0.39 is 21.4 Å². The molecule has 2 rings (SSSR count). The Morgan fingerprint density at radius 2 is 2.16 bits per heavy atom. The number of aliphatic hydroxyl groups is 1. The number of hydrogen-bond acceptors (Lipinski definition) is 3. The van der Waals surface area contributed by atoms with Crippen LogP contribution in [0.1, 0.15) is 13.8 Å². The van der Waals surface area contributed by atoms with Gasteiger partial charge in [-0.15, -0.1) is 0 Å². The highest BCUT2D eigenvalue weighted by atomic mass is 35.5. The Balaban J connectivity index is 2.39. The van der Waals surface area contributed by atoms with Crippen molar-refractivity contribution in [2.75, 3.05) is 13.1 Å². The van der Waals surface area contributed by atoms with Gasteiger partial charge in [0.2, 0.25) is 10.0 Å². The van der Waals surface area contributed by atoms with Crippen molar-refractivity contribution in [2.45, 2.75) is 24.3 Å². The molecule has 0 radical (unpaired) electrons. The van der Waals surface area contributed by atoms with Gasteiger partial charge in [-0.1, -0.05) is 18.5 Å². The number of rotatable bonds is 2. The Bertz CT molecular complexity index is 603. The summed E-state index contributed by atoms with van der Waals surface area (Å²) in [6, 6.07) is 3.16. The van der Waals surface area contributed by atoms with Gasteiger partial charge in [-0.05, 0) is 31.0 Å². The Hall–Kier alpha value is -0.690. The number of benzene rings is 1. The van der Waals surface area contributed by atoms with Gasteiger partial charge in [0.15, 0.2) is 0 Å². The van der Waals surface area contributed by atoms with Crippen LogP contribution in [0.25, 0.3) is 0 Å². The van der Waals surface area contributed by atoms with Crippen LogP contribution < -0.4 is 0 Å². The van der Waals surface area contributed by atoms with Crippen LogP contribution in [0.3, 0.4) is 0 Å². The van der Waals surface area contributed by atoms with Crippen LogP contribution in [0.4, 0.5) is 4.39 Å². The van der Waals surface area contributed by atoms with Crippen LogP contribution in [0.15, 0.2) is 23.1 Å². The van der Waals surface area contributed by atoms with Crippen LogP contribution in [0, 0.1) is 11.7 Å². The van der Waals surface area contributed by atoms with Crippen molar-refractivity contribution in [3.63, 3.8) is 0 Å². The first kappa shape index (κ1) is 14.7. The summed E-state index contributed by atoms with van der Waals surface area (Å²) in [6.45, 7) is 3.59. The SMILES string of the molecule is C[C@@H]1CN(S(=O)(=O)c2ccc(F)cc2Cl)C[C@]1(C)O. The molecule has 0 amide bonds. The Labute approximate surface area is 116 Å².